The number of hydrogen-bond acceptors (Lipinski definition) is 1. The fraction of sp³-hybridized carbons (Fsp3) is 0.357. The highest BCUT2D eigenvalue weighted by Gasteiger charge is 2.40. The van der Waals surface area contributed by atoms with Crippen LogP contribution in [0.3, 0.4) is 0 Å². The van der Waals surface area contributed by atoms with E-state index in [1.807, 2.05) is 0 Å². The number of nitrogens with one attached hydrogen (secondary N) is 1. The molecule has 2 heteroatoms. The van der Waals surface area contributed by atoms with Gasteiger partial charge in [-0.05, 0) is 37.8 Å². The fourth-order valence-electron chi connectivity index (χ4n) is 2.33. The molecular weight excluding hydrogens is 196 g/mol. The summed E-state index contributed by atoms with van der Waals surface area (Å²) in [5, 5.41) is 7.37. The van der Waals surface area contributed by atoms with Gasteiger partial charge in [0.1, 0.15) is 0 Å². The molecular formula is C14H16N2. The van der Waals surface area contributed by atoms with Crippen molar-refractivity contribution in [3.63, 3.8) is 0 Å². The summed E-state index contributed by atoms with van der Waals surface area (Å²) in [7, 11) is 0. The number of aryl methyl sites for hydroxylation is 2. The third-order valence-corrected chi connectivity index (χ3v) is 3.40. The van der Waals surface area contributed by atoms with Crippen LogP contribution in [0.15, 0.2) is 30.3 Å². The van der Waals surface area contributed by atoms with Gasteiger partial charge in [0.15, 0.2) is 0 Å². The molecule has 0 amide bonds. The molecule has 2 nitrogen and oxygen atoms in total. The highest BCUT2D eigenvalue weighted by Crippen LogP contribution is 2.54. The molecule has 1 aliphatic rings. The predicted octanol–water partition coefficient (Wildman–Crippen LogP) is 3.30. The lowest BCUT2D eigenvalue weighted by atomic mass is 10.1. The topological polar surface area (TPSA) is 28.7 Å². The summed E-state index contributed by atoms with van der Waals surface area (Å²) < 4.78 is 0. The van der Waals surface area contributed by atoms with Gasteiger partial charge in [-0.3, -0.25) is 5.10 Å². The molecule has 1 N–H and O–H groups in total. The van der Waals surface area contributed by atoms with E-state index in [-0.39, 0.29) is 0 Å². The van der Waals surface area contributed by atoms with Gasteiger partial charge in [0.2, 0.25) is 0 Å². The zero-order valence-electron chi connectivity index (χ0n) is 9.70. The summed E-state index contributed by atoms with van der Waals surface area (Å²) in [6.45, 7) is 4.19. The van der Waals surface area contributed by atoms with Gasteiger partial charge in [-0.25, -0.2) is 0 Å². The Balaban J connectivity index is 1.79. The maximum atomic E-state index is 4.35. The SMILES string of the molecule is Cc1ccc([C@H]2C[C@H]2c2cc(C)[nH]n2)cc1. The van der Waals surface area contributed by atoms with Crippen molar-refractivity contribution in [2.45, 2.75) is 32.1 Å². The molecule has 0 spiro atoms. The molecule has 1 aliphatic carbocycles. The van der Waals surface area contributed by atoms with Crippen molar-refractivity contribution in [2.24, 2.45) is 0 Å². The van der Waals surface area contributed by atoms with Crippen LogP contribution >= 0.6 is 0 Å². The van der Waals surface area contributed by atoms with Crippen LogP contribution in [-0.4, -0.2) is 10.2 Å². The number of aromatic nitrogens is 2. The largest absolute Gasteiger partial charge is 0.283 e. The number of aromatic amines is 1. The van der Waals surface area contributed by atoms with Gasteiger partial charge in [0, 0.05) is 11.6 Å². The number of H-pyrrole nitrogens is 1. The highest BCUT2D eigenvalue weighted by atomic mass is 15.1. The Morgan fingerprint density at radius 3 is 2.50 bits per heavy atom. The van der Waals surface area contributed by atoms with Crippen molar-refractivity contribution in [3.05, 3.63) is 52.8 Å². The smallest absolute Gasteiger partial charge is 0.0662 e. The van der Waals surface area contributed by atoms with E-state index in [2.05, 4.69) is 54.4 Å². The second-order valence-corrected chi connectivity index (χ2v) is 4.84. The molecule has 1 heterocycles. The molecule has 82 valence electrons. The van der Waals surface area contributed by atoms with Crippen LogP contribution in [0, 0.1) is 13.8 Å². The minimum atomic E-state index is 0.632. The fourth-order valence-corrected chi connectivity index (χ4v) is 2.33. The van der Waals surface area contributed by atoms with E-state index < -0.39 is 0 Å². The molecule has 2 atom stereocenters. The quantitative estimate of drug-likeness (QED) is 0.813. The minimum absolute atomic E-state index is 0.632. The summed E-state index contributed by atoms with van der Waals surface area (Å²) in [4.78, 5) is 0. The van der Waals surface area contributed by atoms with Gasteiger partial charge in [0.25, 0.3) is 0 Å². The van der Waals surface area contributed by atoms with Crippen molar-refractivity contribution in [1.82, 2.24) is 10.2 Å². The Bertz CT molecular complexity index is 496. The van der Waals surface area contributed by atoms with E-state index in [1.165, 1.54) is 23.2 Å². The lowest BCUT2D eigenvalue weighted by Crippen LogP contribution is -1.85. The Morgan fingerprint density at radius 2 is 1.88 bits per heavy atom. The highest BCUT2D eigenvalue weighted by molar-refractivity contribution is 5.35. The summed E-state index contributed by atoms with van der Waals surface area (Å²) in [5.41, 5.74) is 5.17. The average Bonchev–Trinajstić information content (AvgIpc) is 2.96. The minimum Gasteiger partial charge on any atom is -0.283 e. The summed E-state index contributed by atoms with van der Waals surface area (Å²) >= 11 is 0. The number of nitrogens with zero attached hydrogens (tertiary/aromatic N) is 1. The van der Waals surface area contributed by atoms with Crippen molar-refractivity contribution in [2.75, 3.05) is 0 Å². The second-order valence-electron chi connectivity index (χ2n) is 4.84. The van der Waals surface area contributed by atoms with Gasteiger partial charge in [-0.15, -0.1) is 0 Å². The van der Waals surface area contributed by atoms with Gasteiger partial charge in [-0.1, -0.05) is 29.8 Å². The Labute approximate surface area is 95.7 Å². The third kappa shape index (κ3) is 1.64. The zero-order valence-corrected chi connectivity index (χ0v) is 9.70. The van der Waals surface area contributed by atoms with Crippen molar-refractivity contribution in [1.29, 1.82) is 0 Å². The van der Waals surface area contributed by atoms with Crippen LogP contribution in [0.5, 0.6) is 0 Å². The van der Waals surface area contributed by atoms with Crippen molar-refractivity contribution < 1.29 is 0 Å². The molecule has 0 aliphatic heterocycles. The van der Waals surface area contributed by atoms with Gasteiger partial charge < -0.3 is 0 Å². The molecule has 1 aromatic heterocycles. The average molecular weight is 212 g/mol. The predicted molar refractivity (Wildman–Crippen MR) is 64.6 cm³/mol. The third-order valence-electron chi connectivity index (χ3n) is 3.40. The monoisotopic (exact) mass is 212 g/mol. The molecule has 1 saturated carbocycles. The Kier molecular flexibility index (Phi) is 2.10. The lowest BCUT2D eigenvalue weighted by molar-refractivity contribution is 0.926. The summed E-state index contributed by atoms with van der Waals surface area (Å²) in [6.07, 6.45) is 1.24. The van der Waals surface area contributed by atoms with Crippen LogP contribution in [-0.2, 0) is 0 Å². The first kappa shape index (κ1) is 9.64. The van der Waals surface area contributed by atoms with Gasteiger partial charge >= 0.3 is 0 Å². The molecule has 3 rings (SSSR count). The van der Waals surface area contributed by atoms with Crippen LogP contribution in [0.1, 0.15) is 40.8 Å². The van der Waals surface area contributed by atoms with E-state index in [0.717, 1.165) is 5.69 Å². The molecule has 16 heavy (non-hydrogen) atoms. The van der Waals surface area contributed by atoms with E-state index in [9.17, 15) is 0 Å². The van der Waals surface area contributed by atoms with Gasteiger partial charge in [-0.2, -0.15) is 5.10 Å². The standard InChI is InChI=1S/C14H16N2/c1-9-3-5-11(6-4-9)12-8-13(12)14-7-10(2)15-16-14/h3-7,12-13H,8H2,1-2H3,(H,15,16)/t12-,13-/m1/s1. The molecule has 0 bridgehead atoms. The van der Waals surface area contributed by atoms with Crippen molar-refractivity contribution in [3.8, 4) is 0 Å². The number of hydrogen-bond donors (Lipinski definition) is 1. The molecule has 1 fully saturated rings. The maximum absolute atomic E-state index is 4.35. The van der Waals surface area contributed by atoms with E-state index in [4.69, 9.17) is 0 Å². The van der Waals surface area contributed by atoms with E-state index in [1.54, 1.807) is 0 Å². The van der Waals surface area contributed by atoms with Gasteiger partial charge in [0.05, 0.1) is 5.69 Å². The first-order chi connectivity index (χ1) is 7.74. The Hall–Kier alpha value is -1.57. The first-order valence-corrected chi connectivity index (χ1v) is 5.82. The van der Waals surface area contributed by atoms with E-state index in [0.29, 0.717) is 11.8 Å². The molecule has 0 saturated heterocycles. The summed E-state index contributed by atoms with van der Waals surface area (Å²) in [5.74, 6) is 1.32. The molecule has 0 radical (unpaired) electrons. The van der Waals surface area contributed by atoms with Crippen LogP contribution < -0.4 is 0 Å². The molecule has 0 unspecified atom stereocenters. The lowest BCUT2D eigenvalue weighted by Gasteiger charge is -1.99. The summed E-state index contributed by atoms with van der Waals surface area (Å²) in [6, 6.07) is 11.1. The number of benzene rings is 1. The van der Waals surface area contributed by atoms with Crippen LogP contribution in [0.2, 0.25) is 0 Å². The second kappa shape index (κ2) is 3.48. The van der Waals surface area contributed by atoms with E-state index >= 15 is 0 Å². The normalized spacial score (nSPS) is 23.4. The van der Waals surface area contributed by atoms with Crippen LogP contribution in [0.25, 0.3) is 0 Å². The van der Waals surface area contributed by atoms with Crippen molar-refractivity contribution >= 4 is 0 Å². The first-order valence-electron chi connectivity index (χ1n) is 5.82. The maximum Gasteiger partial charge on any atom is 0.0662 e. The molecule has 1 aromatic carbocycles. The Morgan fingerprint density at radius 1 is 1.12 bits per heavy atom. The molecule has 2 aromatic rings. The number of rotatable bonds is 2. The van der Waals surface area contributed by atoms with Crippen LogP contribution in [0.4, 0.5) is 0 Å². The zero-order chi connectivity index (χ0) is 11.1.